The molecule has 5 heteroatoms. The highest BCUT2D eigenvalue weighted by atomic mass is 16.5. The van der Waals surface area contributed by atoms with Crippen LogP contribution in [0.1, 0.15) is 31.2 Å². The Hall–Kier alpha value is -1.88. The van der Waals surface area contributed by atoms with Crippen LogP contribution in [0.25, 0.3) is 0 Å². The number of carbonyl (C=O) groups excluding carboxylic acids is 1. The van der Waals surface area contributed by atoms with Gasteiger partial charge in [-0.05, 0) is 30.9 Å². The summed E-state index contributed by atoms with van der Waals surface area (Å²) in [6.07, 6.45) is 3.54. The van der Waals surface area contributed by atoms with Crippen LogP contribution in [0.4, 0.5) is 5.69 Å². The molecule has 0 saturated carbocycles. The number of hydrogen-bond acceptors (Lipinski definition) is 3. The summed E-state index contributed by atoms with van der Waals surface area (Å²) in [6, 6.07) is 6.61. The molecule has 1 amide bonds. The Morgan fingerprint density at radius 2 is 2.10 bits per heavy atom. The van der Waals surface area contributed by atoms with Crippen LogP contribution in [0.15, 0.2) is 24.3 Å². The third-order valence-corrected chi connectivity index (χ3v) is 4.21. The van der Waals surface area contributed by atoms with Gasteiger partial charge in [0.1, 0.15) is 6.04 Å². The average molecular weight is 289 g/mol. The number of carbonyl (C=O) groups is 2. The van der Waals surface area contributed by atoms with Gasteiger partial charge in [-0.2, -0.15) is 0 Å². The lowest BCUT2D eigenvalue weighted by Gasteiger charge is -2.27. The van der Waals surface area contributed by atoms with Crippen LogP contribution < -0.4 is 4.90 Å². The maximum absolute atomic E-state index is 12.6. The molecule has 2 aliphatic rings. The topological polar surface area (TPSA) is 66.8 Å². The second-order valence-corrected chi connectivity index (χ2v) is 5.64. The molecule has 2 heterocycles. The highest BCUT2D eigenvalue weighted by Crippen LogP contribution is 2.33. The summed E-state index contributed by atoms with van der Waals surface area (Å²) in [5, 5.41) is 9.39. The zero-order chi connectivity index (χ0) is 14.8. The number of rotatable bonds is 3. The van der Waals surface area contributed by atoms with Crippen molar-refractivity contribution in [1.29, 1.82) is 0 Å². The molecule has 0 aliphatic carbocycles. The maximum atomic E-state index is 12.6. The molecule has 3 rings (SSSR count). The van der Waals surface area contributed by atoms with E-state index in [2.05, 4.69) is 0 Å². The summed E-state index contributed by atoms with van der Waals surface area (Å²) in [7, 11) is 0. The highest BCUT2D eigenvalue weighted by Gasteiger charge is 2.38. The van der Waals surface area contributed by atoms with E-state index in [0.717, 1.165) is 30.5 Å². The number of hydrogen-bond donors (Lipinski definition) is 1. The zero-order valence-corrected chi connectivity index (χ0v) is 11.8. The van der Waals surface area contributed by atoms with E-state index >= 15 is 0 Å². The number of anilines is 1. The molecule has 1 fully saturated rings. The summed E-state index contributed by atoms with van der Waals surface area (Å²) >= 11 is 0. The molecule has 0 aromatic heterocycles. The predicted octanol–water partition coefficient (Wildman–Crippen LogP) is 1.99. The Balaban J connectivity index is 1.80. The number of benzene rings is 1. The number of amides is 1. The molecule has 1 saturated heterocycles. The van der Waals surface area contributed by atoms with Crippen molar-refractivity contribution >= 4 is 17.6 Å². The van der Waals surface area contributed by atoms with Gasteiger partial charge in [0.25, 0.3) is 0 Å². The van der Waals surface area contributed by atoms with E-state index in [4.69, 9.17) is 4.74 Å². The zero-order valence-electron chi connectivity index (χ0n) is 11.8. The standard InChI is InChI=1S/C16H19NO4/c18-15(10-12-6-3-4-8-21-12)17-13-7-2-1-5-11(13)9-14(17)16(19)20/h1-2,5,7,12,14H,3-4,6,8-10H2,(H,19,20)/t12?,14-/m0/s1. The Morgan fingerprint density at radius 3 is 2.81 bits per heavy atom. The van der Waals surface area contributed by atoms with Gasteiger partial charge in [0, 0.05) is 18.7 Å². The lowest BCUT2D eigenvalue weighted by atomic mass is 10.1. The molecular formula is C16H19NO4. The molecule has 1 N–H and O–H groups in total. The van der Waals surface area contributed by atoms with Gasteiger partial charge in [0.15, 0.2) is 0 Å². The molecule has 1 aromatic rings. The summed E-state index contributed by atoms with van der Waals surface area (Å²) in [4.78, 5) is 25.5. The summed E-state index contributed by atoms with van der Waals surface area (Å²) in [5.41, 5.74) is 1.65. The molecule has 2 aliphatic heterocycles. The molecule has 21 heavy (non-hydrogen) atoms. The number of carboxylic acid groups (broad SMARTS) is 1. The van der Waals surface area contributed by atoms with Crippen LogP contribution >= 0.6 is 0 Å². The van der Waals surface area contributed by atoms with Gasteiger partial charge in [-0.15, -0.1) is 0 Å². The Kier molecular flexibility index (Phi) is 3.92. The first-order valence-corrected chi connectivity index (χ1v) is 7.41. The van der Waals surface area contributed by atoms with Crippen LogP contribution in [0.3, 0.4) is 0 Å². The number of nitrogens with zero attached hydrogens (tertiary/aromatic N) is 1. The van der Waals surface area contributed by atoms with E-state index in [1.165, 1.54) is 4.90 Å². The SMILES string of the molecule is O=C(O)[C@@H]1Cc2ccccc2N1C(=O)CC1CCCCO1. The van der Waals surface area contributed by atoms with E-state index in [0.29, 0.717) is 13.0 Å². The van der Waals surface area contributed by atoms with Crippen LogP contribution in [0.2, 0.25) is 0 Å². The van der Waals surface area contributed by atoms with Crippen molar-refractivity contribution in [2.75, 3.05) is 11.5 Å². The molecule has 5 nitrogen and oxygen atoms in total. The van der Waals surface area contributed by atoms with Crippen LogP contribution in [-0.4, -0.2) is 35.7 Å². The van der Waals surface area contributed by atoms with Gasteiger partial charge in [-0.1, -0.05) is 18.2 Å². The molecule has 1 unspecified atom stereocenters. The van der Waals surface area contributed by atoms with Crippen molar-refractivity contribution in [2.24, 2.45) is 0 Å². The lowest BCUT2D eigenvalue weighted by Crippen LogP contribution is -2.44. The molecular weight excluding hydrogens is 270 g/mol. The first-order valence-electron chi connectivity index (χ1n) is 7.41. The third-order valence-electron chi connectivity index (χ3n) is 4.21. The molecule has 2 atom stereocenters. The number of aliphatic carboxylic acids is 1. The minimum absolute atomic E-state index is 0.0755. The number of para-hydroxylation sites is 1. The van der Waals surface area contributed by atoms with Crippen molar-refractivity contribution in [3.8, 4) is 0 Å². The van der Waals surface area contributed by atoms with E-state index < -0.39 is 12.0 Å². The summed E-state index contributed by atoms with van der Waals surface area (Å²) in [5.74, 6) is -1.11. The van der Waals surface area contributed by atoms with Gasteiger partial charge in [-0.3, -0.25) is 9.69 Å². The summed E-state index contributed by atoms with van der Waals surface area (Å²) in [6.45, 7) is 0.691. The van der Waals surface area contributed by atoms with Gasteiger partial charge >= 0.3 is 5.97 Å². The lowest BCUT2D eigenvalue weighted by molar-refractivity contribution is -0.140. The fourth-order valence-electron chi connectivity index (χ4n) is 3.15. The fourth-order valence-corrected chi connectivity index (χ4v) is 3.15. The maximum Gasteiger partial charge on any atom is 0.327 e. The molecule has 0 bridgehead atoms. The quantitative estimate of drug-likeness (QED) is 0.924. The van der Waals surface area contributed by atoms with Crippen molar-refractivity contribution in [2.45, 2.75) is 44.2 Å². The van der Waals surface area contributed by atoms with Gasteiger partial charge < -0.3 is 9.84 Å². The van der Waals surface area contributed by atoms with E-state index in [9.17, 15) is 14.7 Å². The number of fused-ring (bicyclic) bond motifs is 1. The van der Waals surface area contributed by atoms with E-state index in [1.807, 2.05) is 24.3 Å². The Labute approximate surface area is 123 Å². The number of ether oxygens (including phenoxy) is 1. The Morgan fingerprint density at radius 1 is 1.29 bits per heavy atom. The molecule has 0 spiro atoms. The Bertz CT molecular complexity index is 551. The van der Waals surface area contributed by atoms with Crippen molar-refractivity contribution < 1.29 is 19.4 Å². The fraction of sp³-hybridized carbons (Fsp3) is 0.500. The minimum Gasteiger partial charge on any atom is -0.480 e. The van der Waals surface area contributed by atoms with Crippen LogP contribution in [-0.2, 0) is 20.7 Å². The normalized spacial score (nSPS) is 24.7. The van der Waals surface area contributed by atoms with Crippen molar-refractivity contribution in [3.05, 3.63) is 29.8 Å². The highest BCUT2D eigenvalue weighted by molar-refractivity contribution is 6.02. The smallest absolute Gasteiger partial charge is 0.327 e. The van der Waals surface area contributed by atoms with Crippen molar-refractivity contribution in [3.63, 3.8) is 0 Å². The largest absolute Gasteiger partial charge is 0.480 e. The number of carboxylic acids is 1. The molecule has 0 radical (unpaired) electrons. The van der Waals surface area contributed by atoms with Crippen LogP contribution in [0, 0.1) is 0 Å². The van der Waals surface area contributed by atoms with Crippen LogP contribution in [0.5, 0.6) is 0 Å². The first kappa shape index (κ1) is 14.1. The van der Waals surface area contributed by atoms with Crippen molar-refractivity contribution in [1.82, 2.24) is 0 Å². The average Bonchev–Trinajstić information content (AvgIpc) is 2.88. The molecule has 112 valence electrons. The second-order valence-electron chi connectivity index (χ2n) is 5.64. The third kappa shape index (κ3) is 2.78. The second kappa shape index (κ2) is 5.85. The predicted molar refractivity (Wildman–Crippen MR) is 77.3 cm³/mol. The first-order chi connectivity index (χ1) is 10.2. The van der Waals surface area contributed by atoms with Gasteiger partial charge in [-0.25, -0.2) is 4.79 Å². The monoisotopic (exact) mass is 289 g/mol. The minimum atomic E-state index is -0.955. The molecule has 1 aromatic carbocycles. The van der Waals surface area contributed by atoms with Gasteiger partial charge in [0.2, 0.25) is 5.91 Å². The summed E-state index contributed by atoms with van der Waals surface area (Å²) < 4.78 is 5.60. The van der Waals surface area contributed by atoms with E-state index in [-0.39, 0.29) is 18.4 Å². The van der Waals surface area contributed by atoms with Gasteiger partial charge in [0.05, 0.1) is 12.5 Å². The van der Waals surface area contributed by atoms with E-state index in [1.54, 1.807) is 0 Å².